The molecule has 0 amide bonds. The average molecular weight is 497 g/mol. The molecule has 1 fully saturated rings. The van der Waals surface area contributed by atoms with E-state index in [1.165, 1.54) is 18.9 Å². The molecule has 1 aliphatic rings. The predicted octanol–water partition coefficient (Wildman–Crippen LogP) is 6.10. The quantitative estimate of drug-likeness (QED) is 0.384. The molecule has 1 saturated carbocycles. The minimum absolute atomic E-state index is 0.267. The maximum absolute atomic E-state index is 12.3. The number of aliphatic carboxylic acids is 1. The number of benzene rings is 3. The standard InChI is InChI=1S/C27H25ClO5S/c1-33-27(32)20-4-2-3-5-22(20)34-23-15-14-21(24(23)26(30)31)25(29)18-8-6-16(7-9-18)17-10-12-19(28)13-11-17/h2-13,21,23-25,29H,14-15H2,1H3,(H,30,31)/t21-,23-,24+,25-/m0/s1. The predicted molar refractivity (Wildman–Crippen MR) is 133 cm³/mol. The zero-order chi connectivity index (χ0) is 24.2. The summed E-state index contributed by atoms with van der Waals surface area (Å²) in [6.07, 6.45) is 0.304. The SMILES string of the molecule is COC(=O)c1ccccc1S[C@H]1CC[C@H]([C@@H](O)c2ccc(-c3ccc(Cl)cc3)cc2)[C@H]1C(=O)O. The summed E-state index contributed by atoms with van der Waals surface area (Å²) in [6, 6.07) is 22.1. The lowest BCUT2D eigenvalue weighted by Gasteiger charge is -2.25. The molecule has 0 unspecified atom stereocenters. The van der Waals surface area contributed by atoms with Crippen molar-refractivity contribution in [3.63, 3.8) is 0 Å². The second-order valence-electron chi connectivity index (χ2n) is 8.32. The number of carbonyl (C=O) groups excluding carboxylic acids is 1. The summed E-state index contributed by atoms with van der Waals surface area (Å²) in [6.45, 7) is 0. The monoisotopic (exact) mass is 496 g/mol. The topological polar surface area (TPSA) is 83.8 Å². The fraction of sp³-hybridized carbons (Fsp3) is 0.259. The van der Waals surface area contributed by atoms with E-state index in [9.17, 15) is 19.8 Å². The molecule has 0 aliphatic heterocycles. The second kappa shape index (κ2) is 10.6. The Kier molecular flexibility index (Phi) is 7.61. The molecule has 0 saturated heterocycles. The van der Waals surface area contributed by atoms with Gasteiger partial charge in [-0.05, 0) is 53.8 Å². The van der Waals surface area contributed by atoms with Crippen molar-refractivity contribution in [3.05, 3.63) is 88.9 Å². The van der Waals surface area contributed by atoms with E-state index in [1.807, 2.05) is 54.6 Å². The number of rotatable bonds is 7. The van der Waals surface area contributed by atoms with Crippen molar-refractivity contribution in [2.75, 3.05) is 7.11 Å². The van der Waals surface area contributed by atoms with Crippen molar-refractivity contribution in [1.29, 1.82) is 0 Å². The van der Waals surface area contributed by atoms with Gasteiger partial charge < -0.3 is 14.9 Å². The van der Waals surface area contributed by atoms with Gasteiger partial charge in [0, 0.05) is 21.1 Å². The van der Waals surface area contributed by atoms with Crippen LogP contribution in [0.4, 0.5) is 0 Å². The number of carboxylic acids is 1. The molecule has 176 valence electrons. The van der Waals surface area contributed by atoms with Crippen molar-refractivity contribution in [1.82, 2.24) is 0 Å². The van der Waals surface area contributed by atoms with Gasteiger partial charge in [-0.1, -0.05) is 60.1 Å². The van der Waals surface area contributed by atoms with Gasteiger partial charge in [-0.15, -0.1) is 11.8 Å². The summed E-state index contributed by atoms with van der Waals surface area (Å²) in [7, 11) is 1.32. The van der Waals surface area contributed by atoms with Crippen molar-refractivity contribution in [2.45, 2.75) is 29.1 Å². The highest BCUT2D eigenvalue weighted by molar-refractivity contribution is 8.00. The number of esters is 1. The van der Waals surface area contributed by atoms with Crippen LogP contribution in [0.2, 0.25) is 5.02 Å². The Bertz CT molecular complexity index is 1160. The summed E-state index contributed by atoms with van der Waals surface area (Å²) in [4.78, 5) is 25.1. The Morgan fingerprint density at radius 2 is 1.59 bits per heavy atom. The van der Waals surface area contributed by atoms with Crippen LogP contribution in [0.1, 0.15) is 34.9 Å². The molecule has 0 spiro atoms. The van der Waals surface area contributed by atoms with E-state index in [0.717, 1.165) is 11.1 Å². The molecule has 0 aromatic heterocycles. The van der Waals surface area contributed by atoms with E-state index in [4.69, 9.17) is 16.3 Å². The average Bonchev–Trinajstić information content (AvgIpc) is 3.28. The van der Waals surface area contributed by atoms with Crippen LogP contribution >= 0.6 is 23.4 Å². The number of hydrogen-bond donors (Lipinski definition) is 2. The van der Waals surface area contributed by atoms with Gasteiger partial charge in [0.1, 0.15) is 0 Å². The van der Waals surface area contributed by atoms with E-state index in [1.54, 1.807) is 18.2 Å². The molecule has 2 N–H and O–H groups in total. The molecule has 0 radical (unpaired) electrons. The van der Waals surface area contributed by atoms with Crippen LogP contribution in [-0.2, 0) is 9.53 Å². The first-order valence-electron chi connectivity index (χ1n) is 11.0. The number of methoxy groups -OCH3 is 1. The minimum Gasteiger partial charge on any atom is -0.481 e. The molecule has 0 heterocycles. The normalized spacial score (nSPS) is 20.6. The summed E-state index contributed by atoms with van der Waals surface area (Å²) < 4.78 is 4.87. The highest BCUT2D eigenvalue weighted by Gasteiger charge is 2.45. The van der Waals surface area contributed by atoms with E-state index >= 15 is 0 Å². The van der Waals surface area contributed by atoms with Gasteiger partial charge >= 0.3 is 11.9 Å². The van der Waals surface area contributed by atoms with Crippen LogP contribution in [0, 0.1) is 11.8 Å². The van der Waals surface area contributed by atoms with Gasteiger partial charge in [0.25, 0.3) is 0 Å². The lowest BCUT2D eigenvalue weighted by molar-refractivity contribution is -0.144. The number of hydrogen-bond acceptors (Lipinski definition) is 5. The number of carboxylic acid groups (broad SMARTS) is 1. The number of ether oxygens (including phenoxy) is 1. The first kappa shape index (κ1) is 24.3. The largest absolute Gasteiger partial charge is 0.481 e. The Labute approximate surface area is 207 Å². The van der Waals surface area contributed by atoms with Crippen molar-refractivity contribution in [2.24, 2.45) is 11.8 Å². The third kappa shape index (κ3) is 5.14. The molecule has 4 rings (SSSR count). The van der Waals surface area contributed by atoms with Gasteiger partial charge in [0.05, 0.1) is 24.7 Å². The Balaban J connectivity index is 1.53. The van der Waals surface area contributed by atoms with Crippen molar-refractivity contribution < 1.29 is 24.5 Å². The van der Waals surface area contributed by atoms with E-state index in [-0.39, 0.29) is 5.25 Å². The number of aliphatic hydroxyl groups is 1. The zero-order valence-corrected chi connectivity index (χ0v) is 20.1. The third-order valence-electron chi connectivity index (χ3n) is 6.34. The van der Waals surface area contributed by atoms with Gasteiger partial charge in [0.15, 0.2) is 0 Å². The molecular formula is C27H25ClO5S. The number of aliphatic hydroxyl groups excluding tert-OH is 1. The fourth-order valence-corrected chi connectivity index (χ4v) is 6.20. The fourth-order valence-electron chi connectivity index (χ4n) is 4.59. The van der Waals surface area contributed by atoms with Gasteiger partial charge in [-0.3, -0.25) is 4.79 Å². The molecule has 3 aromatic rings. The molecular weight excluding hydrogens is 472 g/mol. The lowest BCUT2D eigenvalue weighted by atomic mass is 9.86. The van der Waals surface area contributed by atoms with Gasteiger partial charge in [-0.2, -0.15) is 0 Å². The van der Waals surface area contributed by atoms with E-state index in [2.05, 4.69) is 0 Å². The first-order valence-corrected chi connectivity index (χ1v) is 12.3. The Hall–Kier alpha value is -2.80. The van der Waals surface area contributed by atoms with Crippen molar-refractivity contribution >= 4 is 35.3 Å². The van der Waals surface area contributed by atoms with Gasteiger partial charge in [0.2, 0.25) is 0 Å². The van der Waals surface area contributed by atoms with Crippen LogP contribution in [0.5, 0.6) is 0 Å². The van der Waals surface area contributed by atoms with Crippen LogP contribution in [0.25, 0.3) is 11.1 Å². The van der Waals surface area contributed by atoms with Gasteiger partial charge in [-0.25, -0.2) is 4.79 Å². The summed E-state index contributed by atoms with van der Waals surface area (Å²) in [5, 5.41) is 21.6. The maximum atomic E-state index is 12.3. The molecule has 7 heteroatoms. The first-order chi connectivity index (χ1) is 16.4. The second-order valence-corrected chi connectivity index (χ2v) is 10.0. The number of carbonyl (C=O) groups is 2. The molecule has 3 aromatic carbocycles. The third-order valence-corrected chi connectivity index (χ3v) is 8.03. The molecule has 34 heavy (non-hydrogen) atoms. The zero-order valence-electron chi connectivity index (χ0n) is 18.6. The Morgan fingerprint density at radius 1 is 0.971 bits per heavy atom. The van der Waals surface area contributed by atoms with Crippen LogP contribution < -0.4 is 0 Å². The van der Waals surface area contributed by atoms with Crippen molar-refractivity contribution in [3.8, 4) is 11.1 Å². The number of thioether (sulfide) groups is 1. The summed E-state index contributed by atoms with van der Waals surface area (Å²) in [5.74, 6) is -2.57. The molecule has 5 nitrogen and oxygen atoms in total. The molecule has 4 atom stereocenters. The van der Waals surface area contributed by atoms with E-state index in [0.29, 0.717) is 33.9 Å². The molecule has 0 bridgehead atoms. The molecule has 1 aliphatic carbocycles. The van der Waals surface area contributed by atoms with Crippen LogP contribution in [-0.4, -0.2) is 34.5 Å². The summed E-state index contributed by atoms with van der Waals surface area (Å²) in [5.41, 5.74) is 3.10. The maximum Gasteiger partial charge on any atom is 0.338 e. The van der Waals surface area contributed by atoms with E-state index < -0.39 is 29.9 Å². The minimum atomic E-state index is -0.938. The highest BCUT2D eigenvalue weighted by Crippen LogP contribution is 2.48. The summed E-state index contributed by atoms with van der Waals surface area (Å²) >= 11 is 7.34. The van der Waals surface area contributed by atoms with Crippen LogP contribution in [0.3, 0.4) is 0 Å². The highest BCUT2D eigenvalue weighted by atomic mass is 35.5. The van der Waals surface area contributed by atoms with Crippen LogP contribution in [0.15, 0.2) is 77.7 Å². The lowest BCUT2D eigenvalue weighted by Crippen LogP contribution is -2.29. The smallest absolute Gasteiger partial charge is 0.338 e. The number of halogens is 1. The Morgan fingerprint density at radius 3 is 2.21 bits per heavy atom.